The molecule has 1 aliphatic carbocycles. The minimum absolute atomic E-state index is 0.0659. The standard InChI is InChI=1S/C24H22N2O3S/c1-29-17-13-11-15(12-14-17)22-25-23-20(21(27)18-9-5-6-10-19(18)30-23)24(28)26(22)16-7-3-2-4-8-16/h5-6,9-14,16H,2-4,7-8H2,1H3. The first kappa shape index (κ1) is 19.0. The molecule has 0 saturated heterocycles. The maximum absolute atomic E-state index is 13.7. The first-order valence-electron chi connectivity index (χ1n) is 10.3. The predicted octanol–water partition coefficient (Wildman–Crippen LogP) is 5.15. The lowest BCUT2D eigenvalue weighted by Crippen LogP contribution is -2.31. The van der Waals surface area contributed by atoms with Crippen LogP contribution in [0.4, 0.5) is 0 Å². The van der Waals surface area contributed by atoms with Gasteiger partial charge in [0, 0.05) is 21.7 Å². The predicted molar refractivity (Wildman–Crippen MR) is 122 cm³/mol. The molecule has 2 heterocycles. The van der Waals surface area contributed by atoms with E-state index in [0.717, 1.165) is 41.7 Å². The van der Waals surface area contributed by atoms with E-state index in [0.29, 0.717) is 16.0 Å². The van der Waals surface area contributed by atoms with Crippen LogP contribution in [0.15, 0.2) is 58.1 Å². The van der Waals surface area contributed by atoms with Crippen LogP contribution < -0.4 is 15.7 Å². The lowest BCUT2D eigenvalue weighted by atomic mass is 9.94. The Kier molecular flexibility index (Phi) is 4.87. The number of hydrogen-bond acceptors (Lipinski definition) is 5. The molecule has 1 fully saturated rings. The van der Waals surface area contributed by atoms with Crippen molar-refractivity contribution in [3.63, 3.8) is 0 Å². The molecule has 0 spiro atoms. The molecule has 5 nitrogen and oxygen atoms in total. The van der Waals surface area contributed by atoms with E-state index < -0.39 is 0 Å². The van der Waals surface area contributed by atoms with E-state index in [1.807, 2.05) is 42.5 Å². The van der Waals surface area contributed by atoms with Crippen molar-refractivity contribution in [2.45, 2.75) is 38.1 Å². The highest BCUT2D eigenvalue weighted by molar-refractivity contribution is 7.24. The molecule has 1 aliphatic rings. The van der Waals surface area contributed by atoms with Gasteiger partial charge in [-0.3, -0.25) is 14.2 Å². The van der Waals surface area contributed by atoms with Crippen molar-refractivity contribution in [3.8, 4) is 17.1 Å². The molecule has 0 aliphatic heterocycles. The molecular weight excluding hydrogens is 396 g/mol. The average Bonchev–Trinajstić information content (AvgIpc) is 2.79. The van der Waals surface area contributed by atoms with Gasteiger partial charge in [0.15, 0.2) is 0 Å². The summed E-state index contributed by atoms with van der Waals surface area (Å²) in [4.78, 5) is 32.3. The fraction of sp³-hybridized carbons (Fsp3) is 0.292. The Hall–Kier alpha value is -2.99. The van der Waals surface area contributed by atoms with Crippen LogP contribution in [0.2, 0.25) is 0 Å². The van der Waals surface area contributed by atoms with Crippen molar-refractivity contribution >= 4 is 31.6 Å². The molecule has 30 heavy (non-hydrogen) atoms. The fourth-order valence-electron chi connectivity index (χ4n) is 4.39. The van der Waals surface area contributed by atoms with E-state index in [1.165, 1.54) is 17.8 Å². The van der Waals surface area contributed by atoms with Gasteiger partial charge in [0.1, 0.15) is 21.8 Å². The Morgan fingerprint density at radius 2 is 1.73 bits per heavy atom. The van der Waals surface area contributed by atoms with E-state index in [-0.39, 0.29) is 22.4 Å². The molecule has 1 saturated carbocycles. The molecule has 0 N–H and O–H groups in total. The summed E-state index contributed by atoms with van der Waals surface area (Å²) in [6.45, 7) is 0. The van der Waals surface area contributed by atoms with Crippen LogP contribution in [0, 0.1) is 0 Å². The highest BCUT2D eigenvalue weighted by Crippen LogP contribution is 2.32. The lowest BCUT2D eigenvalue weighted by Gasteiger charge is -2.26. The zero-order valence-corrected chi connectivity index (χ0v) is 17.6. The van der Waals surface area contributed by atoms with Gasteiger partial charge in [-0.05, 0) is 49.2 Å². The third kappa shape index (κ3) is 3.12. The number of methoxy groups -OCH3 is 1. The maximum atomic E-state index is 13.7. The van der Waals surface area contributed by atoms with Crippen LogP contribution in [0.3, 0.4) is 0 Å². The van der Waals surface area contributed by atoms with Gasteiger partial charge in [0.05, 0.1) is 7.11 Å². The summed E-state index contributed by atoms with van der Waals surface area (Å²) in [6.07, 6.45) is 5.22. The molecule has 0 amide bonds. The largest absolute Gasteiger partial charge is 0.497 e. The van der Waals surface area contributed by atoms with Gasteiger partial charge < -0.3 is 4.74 Å². The second-order valence-electron chi connectivity index (χ2n) is 7.74. The van der Waals surface area contributed by atoms with Crippen LogP contribution in [-0.2, 0) is 0 Å². The third-order valence-electron chi connectivity index (χ3n) is 5.94. The summed E-state index contributed by atoms with van der Waals surface area (Å²) in [5.74, 6) is 1.38. The summed E-state index contributed by atoms with van der Waals surface area (Å²) in [6, 6.07) is 15.1. The molecule has 5 rings (SSSR count). The number of ether oxygens (including phenoxy) is 1. The third-order valence-corrected chi connectivity index (χ3v) is 7.00. The van der Waals surface area contributed by atoms with Crippen molar-refractivity contribution < 1.29 is 4.74 Å². The fourth-order valence-corrected chi connectivity index (χ4v) is 5.43. The van der Waals surface area contributed by atoms with Crippen LogP contribution in [0.25, 0.3) is 31.7 Å². The molecule has 4 aromatic rings. The Balaban J connectivity index is 1.85. The number of hydrogen-bond donors (Lipinski definition) is 0. The topological polar surface area (TPSA) is 61.2 Å². The molecule has 2 aromatic heterocycles. The van der Waals surface area contributed by atoms with Crippen molar-refractivity contribution in [2.24, 2.45) is 0 Å². The van der Waals surface area contributed by atoms with Crippen molar-refractivity contribution in [1.82, 2.24) is 9.55 Å². The molecule has 0 atom stereocenters. The van der Waals surface area contributed by atoms with Crippen molar-refractivity contribution in [2.75, 3.05) is 7.11 Å². The molecule has 0 bridgehead atoms. The highest BCUT2D eigenvalue weighted by Gasteiger charge is 2.24. The number of aromatic nitrogens is 2. The van der Waals surface area contributed by atoms with Gasteiger partial charge in [-0.1, -0.05) is 31.4 Å². The second kappa shape index (κ2) is 7.69. The number of benzene rings is 2. The van der Waals surface area contributed by atoms with Gasteiger partial charge in [0.2, 0.25) is 5.43 Å². The monoisotopic (exact) mass is 418 g/mol. The van der Waals surface area contributed by atoms with E-state index in [2.05, 4.69) is 0 Å². The van der Waals surface area contributed by atoms with Crippen LogP contribution in [-0.4, -0.2) is 16.7 Å². The first-order chi connectivity index (χ1) is 14.7. The van der Waals surface area contributed by atoms with E-state index >= 15 is 0 Å². The molecule has 6 heteroatoms. The molecule has 0 radical (unpaired) electrons. The summed E-state index contributed by atoms with van der Waals surface area (Å²) in [5.41, 5.74) is 0.417. The molecular formula is C24H22N2O3S. The quantitative estimate of drug-likeness (QED) is 0.432. The molecule has 152 valence electrons. The van der Waals surface area contributed by atoms with E-state index in [9.17, 15) is 9.59 Å². The van der Waals surface area contributed by atoms with E-state index in [1.54, 1.807) is 17.7 Å². The normalized spacial score (nSPS) is 15.0. The number of nitrogens with zero attached hydrogens (tertiary/aromatic N) is 2. The van der Waals surface area contributed by atoms with Gasteiger partial charge >= 0.3 is 0 Å². The van der Waals surface area contributed by atoms with Crippen molar-refractivity contribution in [3.05, 3.63) is 69.1 Å². The minimum Gasteiger partial charge on any atom is -0.497 e. The highest BCUT2D eigenvalue weighted by atomic mass is 32.1. The first-order valence-corrected chi connectivity index (χ1v) is 11.1. The van der Waals surface area contributed by atoms with Crippen LogP contribution in [0.1, 0.15) is 38.1 Å². The average molecular weight is 419 g/mol. The number of rotatable bonds is 3. The Morgan fingerprint density at radius 3 is 2.47 bits per heavy atom. The summed E-state index contributed by atoms with van der Waals surface area (Å²) >= 11 is 1.40. The van der Waals surface area contributed by atoms with Gasteiger partial charge in [-0.2, -0.15) is 0 Å². The van der Waals surface area contributed by atoms with E-state index in [4.69, 9.17) is 9.72 Å². The van der Waals surface area contributed by atoms with Crippen molar-refractivity contribution in [1.29, 1.82) is 0 Å². The summed E-state index contributed by atoms with van der Waals surface area (Å²) in [5, 5.41) is 0.794. The molecule has 0 unspecified atom stereocenters. The minimum atomic E-state index is -0.220. The SMILES string of the molecule is COc1ccc(-c2nc3sc4ccccc4c(=O)c3c(=O)n2C2CCCCC2)cc1. The van der Waals surface area contributed by atoms with Crippen LogP contribution >= 0.6 is 11.3 Å². The van der Waals surface area contributed by atoms with Gasteiger partial charge in [-0.15, -0.1) is 11.3 Å². The zero-order chi connectivity index (χ0) is 20.7. The Labute approximate surface area is 177 Å². The Bertz CT molecular complexity index is 1350. The lowest BCUT2D eigenvalue weighted by molar-refractivity contribution is 0.348. The summed E-state index contributed by atoms with van der Waals surface area (Å²) < 4.78 is 7.91. The maximum Gasteiger partial charge on any atom is 0.266 e. The summed E-state index contributed by atoms with van der Waals surface area (Å²) in [7, 11) is 1.63. The molecule has 2 aromatic carbocycles. The van der Waals surface area contributed by atoms with Gasteiger partial charge in [0.25, 0.3) is 5.56 Å². The van der Waals surface area contributed by atoms with Gasteiger partial charge in [-0.25, -0.2) is 4.98 Å². The zero-order valence-electron chi connectivity index (χ0n) is 16.8. The smallest absolute Gasteiger partial charge is 0.266 e. The van der Waals surface area contributed by atoms with Crippen LogP contribution in [0.5, 0.6) is 5.75 Å². The number of fused-ring (bicyclic) bond motifs is 2. The Morgan fingerprint density at radius 1 is 1.00 bits per heavy atom. The second-order valence-corrected chi connectivity index (χ2v) is 8.77.